The molecule has 5 aliphatic heterocycles. The minimum absolute atomic E-state index is 0. The van der Waals surface area contributed by atoms with Crippen LogP contribution < -0.4 is 26.9 Å². The van der Waals surface area contributed by atoms with Crippen molar-refractivity contribution in [2.75, 3.05) is 25.8 Å². The van der Waals surface area contributed by atoms with Crippen LogP contribution in [0.2, 0.25) is 11.9 Å². The number of hydrogen-bond acceptors (Lipinski definition) is 19. The number of nitrogens with zero attached hydrogens (tertiary/aromatic N) is 5. The Kier molecular flexibility index (Phi) is 25.6. The molecule has 5 aliphatic rings. The van der Waals surface area contributed by atoms with Crippen LogP contribution in [-0.2, 0) is 49.0 Å². The van der Waals surface area contributed by atoms with Gasteiger partial charge in [-0.3, -0.25) is 29.1 Å². The van der Waals surface area contributed by atoms with E-state index in [2.05, 4.69) is 73.6 Å². The Hall–Kier alpha value is -5.20. The van der Waals surface area contributed by atoms with Crippen LogP contribution in [0.25, 0.3) is 0 Å². The van der Waals surface area contributed by atoms with Crippen molar-refractivity contribution in [1.29, 1.82) is 0 Å². The maximum atomic E-state index is 13.9. The van der Waals surface area contributed by atoms with E-state index in [4.69, 9.17) is 32.3 Å². The Balaban J connectivity index is 0.000000222. The predicted octanol–water partition coefficient (Wildman–Crippen LogP) is 4.17. The van der Waals surface area contributed by atoms with Gasteiger partial charge in [-0.25, -0.2) is 9.97 Å². The summed E-state index contributed by atoms with van der Waals surface area (Å²) >= 11 is 0. The Morgan fingerprint density at radius 3 is 1.66 bits per heavy atom. The molecule has 4 bridgehead atoms. The molecule has 2 aromatic carbocycles. The Labute approximate surface area is 492 Å². The van der Waals surface area contributed by atoms with Crippen LogP contribution >= 0.6 is 0 Å². The average molecular weight is 1180 g/mol. The molecule has 4 aromatic rings. The average Bonchev–Trinajstić information content (AvgIpc) is 3.74. The molecule has 0 spiro atoms. The summed E-state index contributed by atoms with van der Waals surface area (Å²) in [6, 6.07) is 18.3. The zero-order valence-corrected chi connectivity index (χ0v) is 50.6. The number of Topliss-reactive ketones (excluding diaryl/α,β-unsaturated/α-hetero) is 1. The summed E-state index contributed by atoms with van der Waals surface area (Å²) in [4.78, 5) is 70.5. The number of fused-ring (bicyclic) bond motifs is 4. The van der Waals surface area contributed by atoms with Crippen molar-refractivity contribution in [3.05, 3.63) is 120 Å². The van der Waals surface area contributed by atoms with Crippen LogP contribution in [0, 0.1) is 11.8 Å². The lowest BCUT2D eigenvalue weighted by Gasteiger charge is -2.34. The molecule has 0 radical (unpaired) electrons. The minimum atomic E-state index is -2.82. The van der Waals surface area contributed by atoms with Crippen LogP contribution in [-0.4, -0.2) is 170 Å². The molecule has 0 saturated carbocycles. The van der Waals surface area contributed by atoms with Gasteiger partial charge in [-0.15, -0.1) is 0 Å². The second-order valence-electron chi connectivity index (χ2n) is 22.8. The summed E-state index contributed by atoms with van der Waals surface area (Å²) in [6.45, 7) is 18.6. The molecule has 452 valence electrons. The maximum Gasteiger partial charge on any atom is 0.515 e. The van der Waals surface area contributed by atoms with Gasteiger partial charge in [0.25, 0.3) is 11.8 Å². The van der Waals surface area contributed by atoms with Crippen molar-refractivity contribution in [3.63, 3.8) is 0 Å². The van der Waals surface area contributed by atoms with Gasteiger partial charge in [0, 0.05) is 62.0 Å². The van der Waals surface area contributed by atoms with E-state index < -0.39 is 54.4 Å². The lowest BCUT2D eigenvalue weighted by Crippen LogP contribution is -2.64. The highest BCUT2D eigenvalue weighted by molar-refractivity contribution is 6.65. The highest BCUT2D eigenvalue weighted by Crippen LogP contribution is 2.41. The van der Waals surface area contributed by atoms with E-state index >= 15 is 0 Å². The van der Waals surface area contributed by atoms with Crippen molar-refractivity contribution in [3.8, 4) is 0 Å². The molecule has 2 aromatic heterocycles. The molecule has 83 heavy (non-hydrogen) atoms. The number of nitrogens with two attached hydrogens (primary N) is 1. The van der Waals surface area contributed by atoms with Gasteiger partial charge >= 0.3 is 31.7 Å². The van der Waals surface area contributed by atoms with Gasteiger partial charge in [-0.05, 0) is 95.9 Å². The van der Waals surface area contributed by atoms with Gasteiger partial charge in [0.2, 0.25) is 5.91 Å². The SMILES string of the molecule is C.CC(C)C[C@H](CC(=O)[C@H](Cc1ccccc1)NC(=O)c1cnccn1)B(O)O.CC(C)C[C@H](NC(=O)[C@H](Cc1ccccc1)NC(=O)c1cnccn1)B1NCCN1C[Si]12OC(C)C(O1)C(C)O2.CC1O[Si]2(CCCCN)OC(C)C1O2. The Bertz CT molecular complexity index is 2610. The van der Waals surface area contributed by atoms with Gasteiger partial charge in [0.05, 0.1) is 61.2 Å². The third-order valence-corrected chi connectivity index (χ3v) is 20.9. The van der Waals surface area contributed by atoms with Crippen LogP contribution in [0.3, 0.4) is 0 Å². The molecule has 22 nitrogen and oxygen atoms in total. The number of carbonyl (C=O) groups is 4. The first-order valence-electron chi connectivity index (χ1n) is 28.9. The smallest absolute Gasteiger partial charge is 0.427 e. The van der Waals surface area contributed by atoms with E-state index in [0.717, 1.165) is 56.1 Å². The van der Waals surface area contributed by atoms with E-state index in [-0.39, 0.29) is 92.4 Å². The van der Waals surface area contributed by atoms with Crippen molar-refractivity contribution in [1.82, 2.24) is 45.9 Å². The number of benzene rings is 2. The standard InChI is InChI=1S/C27H39BN6O5Si.C20H26BN3O4.C9H19NO3Si.CH4/c1-18(2)14-24(28-31-12-13-34(28)17-40-37-19(3)25(39-40)20(4)38-40)33-26(35)22(15-21-8-6-5-7-9-21)32-27(36)23-16-29-10-11-30-23;1-14(2)10-16(21(27)28)12-19(25)17(11-15-6-4-3-5-7-15)24-20(26)18-13-22-8-9-23-18;1-7-9-8(2)12-14(11-7,13-9)6-4-3-5-10;/h5-11,16,18-20,22,24-25,31H,12-15,17H2,1-4H3,(H,32,36)(H,33,35);3-9,13-14,16-17,27-28H,10-12H2,1-2H3,(H,24,26);7-9H,3-6,10H2,1-2H3;1H4/t19?,20?,22-,24-,25?,40?;16-,17+;;/m01../s1. The second kappa shape index (κ2) is 31.8. The summed E-state index contributed by atoms with van der Waals surface area (Å²) in [6.07, 6.45) is 13.7. The molecule has 26 heteroatoms. The molecule has 4 unspecified atom stereocenters. The van der Waals surface area contributed by atoms with Gasteiger partial charge in [0.15, 0.2) is 5.78 Å². The second-order valence-corrected chi connectivity index (χ2v) is 27.7. The third kappa shape index (κ3) is 19.2. The zero-order valence-electron chi connectivity index (χ0n) is 48.6. The van der Waals surface area contributed by atoms with Crippen LogP contribution in [0.15, 0.2) is 97.8 Å². The van der Waals surface area contributed by atoms with E-state index in [9.17, 15) is 29.2 Å². The molecule has 9 rings (SSSR count). The summed E-state index contributed by atoms with van der Waals surface area (Å²) in [5, 5.41) is 31.8. The Morgan fingerprint density at radius 1 is 0.699 bits per heavy atom. The maximum absolute atomic E-state index is 13.9. The third-order valence-electron chi connectivity index (χ3n) is 15.0. The zero-order chi connectivity index (χ0) is 59.0. The number of unbranched alkanes of at least 4 members (excludes halogenated alkanes) is 1. The highest BCUT2D eigenvalue weighted by atomic mass is 28.4. The van der Waals surface area contributed by atoms with Gasteiger partial charge in [-0.1, -0.05) is 95.8 Å². The molecule has 5 fully saturated rings. The van der Waals surface area contributed by atoms with Crippen LogP contribution in [0.5, 0.6) is 0 Å². The number of rotatable bonds is 25. The van der Waals surface area contributed by atoms with Crippen LogP contribution in [0.1, 0.15) is 127 Å². The first kappa shape index (κ1) is 66.9. The summed E-state index contributed by atoms with van der Waals surface area (Å²) < 4.78 is 36.3. The molecule has 5 saturated heterocycles. The fraction of sp³-hybridized carbons (Fsp3) is 0.579. The molecule has 8 atom stereocenters. The van der Waals surface area contributed by atoms with Gasteiger partial charge in [0.1, 0.15) is 17.4 Å². The van der Waals surface area contributed by atoms with E-state index in [1.807, 2.05) is 88.4 Å². The van der Waals surface area contributed by atoms with Gasteiger partial charge in [-0.2, -0.15) is 0 Å². The normalized spacial score (nSPS) is 25.5. The monoisotopic (exact) mass is 1180 g/mol. The van der Waals surface area contributed by atoms with Crippen molar-refractivity contribution >= 4 is 55.2 Å². The summed E-state index contributed by atoms with van der Waals surface area (Å²) in [5.74, 6) is -1.68. The van der Waals surface area contributed by atoms with E-state index in [0.29, 0.717) is 31.3 Å². The first-order valence-corrected chi connectivity index (χ1v) is 32.8. The van der Waals surface area contributed by atoms with E-state index in [1.165, 1.54) is 37.2 Å². The highest BCUT2D eigenvalue weighted by Gasteiger charge is 2.63. The van der Waals surface area contributed by atoms with E-state index in [1.54, 1.807) is 0 Å². The molecule has 8 N–H and O–H groups in total. The number of carbonyl (C=O) groups excluding carboxylic acids is 4. The quantitative estimate of drug-likeness (QED) is 0.0362. The van der Waals surface area contributed by atoms with Gasteiger partial charge < -0.3 is 68.3 Å². The number of nitrogens with one attached hydrogen (secondary N) is 4. The number of ketones is 1. The summed E-state index contributed by atoms with van der Waals surface area (Å²) in [5.41, 5.74) is 7.58. The van der Waals surface area contributed by atoms with Crippen molar-refractivity contribution in [2.24, 2.45) is 17.6 Å². The number of aromatic nitrogens is 4. The topological polar surface area (TPSA) is 293 Å². The van der Waals surface area contributed by atoms with Crippen molar-refractivity contribution < 1.29 is 55.8 Å². The fourth-order valence-corrected chi connectivity index (χ4v) is 18.0. The fourth-order valence-electron chi connectivity index (χ4n) is 11.2. The van der Waals surface area contributed by atoms with Crippen LogP contribution in [0.4, 0.5) is 0 Å². The molecule has 0 aliphatic carbocycles. The lowest BCUT2D eigenvalue weighted by molar-refractivity contribution is -0.123. The molecule has 7 heterocycles. The van der Waals surface area contributed by atoms with Crippen molar-refractivity contribution in [2.45, 2.75) is 174 Å². The number of hydrogen-bond donors (Lipinski definition) is 7. The Morgan fingerprint density at radius 2 is 1.19 bits per heavy atom. The number of amides is 3. The predicted molar refractivity (Wildman–Crippen MR) is 320 cm³/mol. The lowest BCUT2D eigenvalue weighted by atomic mass is 9.64. The summed E-state index contributed by atoms with van der Waals surface area (Å²) in [7, 11) is -6.65. The minimum Gasteiger partial charge on any atom is -0.427 e. The largest absolute Gasteiger partial charge is 0.515 e. The molecule has 3 amide bonds. The molecular weight excluding hydrogens is 1090 g/mol. The first-order chi connectivity index (χ1) is 39.3. The molecular formula is C57H88B2N10O12Si2.